The molecular weight excluding hydrogens is 276 g/mol. The Morgan fingerprint density at radius 2 is 2.38 bits per heavy atom. The number of nitrogens with zero attached hydrogens (tertiary/aromatic N) is 4. The molecular formula is C9H9BrN4O2. The second-order valence-corrected chi connectivity index (χ2v) is 3.99. The van der Waals surface area contributed by atoms with Crippen molar-refractivity contribution in [1.29, 1.82) is 0 Å². The molecule has 0 N–H and O–H groups in total. The maximum atomic E-state index is 11.6. The van der Waals surface area contributed by atoms with Gasteiger partial charge in [0.25, 0.3) is 5.56 Å². The lowest BCUT2D eigenvalue weighted by Crippen LogP contribution is -2.21. The second-order valence-electron chi connectivity index (χ2n) is 3.13. The van der Waals surface area contributed by atoms with Crippen LogP contribution in [0, 0.1) is 0 Å². The minimum absolute atomic E-state index is 0.175. The molecule has 0 fully saturated rings. The summed E-state index contributed by atoms with van der Waals surface area (Å²) < 4.78 is 6.80. The van der Waals surface area contributed by atoms with E-state index in [-0.39, 0.29) is 12.1 Å². The van der Waals surface area contributed by atoms with Gasteiger partial charge in [0.2, 0.25) is 5.89 Å². The van der Waals surface area contributed by atoms with Gasteiger partial charge in [0.15, 0.2) is 5.82 Å². The van der Waals surface area contributed by atoms with Crippen LogP contribution in [0.15, 0.2) is 26.3 Å². The van der Waals surface area contributed by atoms with E-state index >= 15 is 0 Å². The van der Waals surface area contributed by atoms with Gasteiger partial charge in [-0.25, -0.2) is 4.98 Å². The van der Waals surface area contributed by atoms with Crippen molar-refractivity contribution < 1.29 is 4.52 Å². The Bertz CT molecular complexity index is 548. The summed E-state index contributed by atoms with van der Waals surface area (Å²) in [5.41, 5.74) is -0.175. The van der Waals surface area contributed by atoms with E-state index in [2.05, 4.69) is 31.1 Å². The third-order valence-electron chi connectivity index (χ3n) is 1.99. The van der Waals surface area contributed by atoms with Gasteiger partial charge in [-0.05, 0) is 15.9 Å². The van der Waals surface area contributed by atoms with E-state index in [9.17, 15) is 4.79 Å². The molecule has 2 rings (SSSR count). The molecule has 2 aromatic rings. The van der Waals surface area contributed by atoms with Crippen molar-refractivity contribution in [3.8, 4) is 0 Å². The van der Waals surface area contributed by atoms with Gasteiger partial charge >= 0.3 is 0 Å². The van der Waals surface area contributed by atoms with Crippen LogP contribution in [-0.4, -0.2) is 19.7 Å². The van der Waals surface area contributed by atoms with Gasteiger partial charge in [-0.1, -0.05) is 12.1 Å². The normalized spacial score (nSPS) is 10.6. The maximum absolute atomic E-state index is 11.6. The highest BCUT2D eigenvalue weighted by Crippen LogP contribution is 2.02. The Hall–Kier alpha value is -1.50. The van der Waals surface area contributed by atoms with Crippen molar-refractivity contribution in [2.75, 3.05) is 0 Å². The van der Waals surface area contributed by atoms with Gasteiger partial charge in [-0.15, -0.1) is 0 Å². The molecule has 0 saturated heterocycles. The monoisotopic (exact) mass is 284 g/mol. The Kier molecular flexibility index (Phi) is 3.14. The summed E-state index contributed by atoms with van der Waals surface area (Å²) >= 11 is 3.12. The molecule has 6 nitrogen and oxygen atoms in total. The highest BCUT2D eigenvalue weighted by Gasteiger charge is 2.07. The van der Waals surface area contributed by atoms with E-state index in [1.54, 1.807) is 0 Å². The first-order chi connectivity index (χ1) is 7.70. The maximum Gasteiger partial charge on any atom is 0.268 e. The second kappa shape index (κ2) is 4.56. The largest absolute Gasteiger partial charge is 0.337 e. The quantitative estimate of drug-likeness (QED) is 0.841. The van der Waals surface area contributed by atoms with Crippen LogP contribution in [0.3, 0.4) is 0 Å². The average Bonchev–Trinajstić information content (AvgIpc) is 2.73. The van der Waals surface area contributed by atoms with E-state index in [1.165, 1.54) is 17.1 Å². The molecule has 0 spiro atoms. The van der Waals surface area contributed by atoms with E-state index in [0.717, 1.165) is 0 Å². The average molecular weight is 285 g/mol. The van der Waals surface area contributed by atoms with E-state index < -0.39 is 0 Å². The predicted molar refractivity (Wildman–Crippen MR) is 59.0 cm³/mol. The highest BCUT2D eigenvalue weighted by molar-refractivity contribution is 9.10. The zero-order chi connectivity index (χ0) is 11.5. The summed E-state index contributed by atoms with van der Waals surface area (Å²) in [6, 6.07) is 0. The fraction of sp³-hybridized carbons (Fsp3) is 0.333. The fourth-order valence-corrected chi connectivity index (χ4v) is 1.53. The molecule has 2 aromatic heterocycles. The van der Waals surface area contributed by atoms with Crippen LogP contribution >= 0.6 is 15.9 Å². The molecule has 0 saturated carbocycles. The summed E-state index contributed by atoms with van der Waals surface area (Å²) in [6.07, 6.45) is 3.59. The first-order valence-electron chi connectivity index (χ1n) is 4.72. The van der Waals surface area contributed by atoms with Crippen LogP contribution < -0.4 is 5.56 Å². The Morgan fingerprint density at radius 3 is 3.06 bits per heavy atom. The van der Waals surface area contributed by atoms with Gasteiger partial charge in [-0.2, -0.15) is 4.98 Å². The van der Waals surface area contributed by atoms with Crippen molar-refractivity contribution in [2.24, 2.45) is 0 Å². The van der Waals surface area contributed by atoms with Crippen LogP contribution in [0.4, 0.5) is 0 Å². The van der Waals surface area contributed by atoms with Crippen LogP contribution in [0.1, 0.15) is 18.6 Å². The van der Waals surface area contributed by atoms with Crippen molar-refractivity contribution in [2.45, 2.75) is 19.9 Å². The summed E-state index contributed by atoms with van der Waals surface area (Å²) in [6.45, 7) is 2.17. The summed E-state index contributed by atoms with van der Waals surface area (Å²) in [4.78, 5) is 19.6. The minimum atomic E-state index is -0.175. The topological polar surface area (TPSA) is 73.8 Å². The molecule has 0 aliphatic carbocycles. The van der Waals surface area contributed by atoms with Crippen molar-refractivity contribution in [3.05, 3.63) is 39.1 Å². The smallest absolute Gasteiger partial charge is 0.268 e. The van der Waals surface area contributed by atoms with Crippen LogP contribution in [-0.2, 0) is 13.0 Å². The molecule has 0 atom stereocenters. The highest BCUT2D eigenvalue weighted by atomic mass is 79.9. The Labute approximate surface area is 99.4 Å². The molecule has 0 amide bonds. The number of rotatable bonds is 3. The molecule has 0 aliphatic rings. The first kappa shape index (κ1) is 11.0. The van der Waals surface area contributed by atoms with E-state index in [4.69, 9.17) is 4.52 Å². The number of halogens is 1. The number of aryl methyl sites for hydroxylation is 1. The Morgan fingerprint density at radius 1 is 1.56 bits per heavy atom. The number of hydrogen-bond donors (Lipinski definition) is 0. The fourth-order valence-electron chi connectivity index (χ4n) is 1.18. The van der Waals surface area contributed by atoms with Crippen molar-refractivity contribution >= 4 is 15.9 Å². The third-order valence-corrected chi connectivity index (χ3v) is 2.54. The van der Waals surface area contributed by atoms with Crippen molar-refractivity contribution in [3.63, 3.8) is 0 Å². The molecule has 0 aromatic carbocycles. The van der Waals surface area contributed by atoms with E-state index in [0.29, 0.717) is 22.6 Å². The summed E-state index contributed by atoms with van der Waals surface area (Å²) in [5, 5.41) is 3.75. The standard InChI is InChI=1S/C9H9BrN4O2/c1-2-7-12-8(16-13-7)4-14-5-11-3-6(10)9(14)15/h3,5H,2,4H2,1H3. The minimum Gasteiger partial charge on any atom is -0.337 e. The Balaban J connectivity index is 2.27. The number of hydrogen-bond acceptors (Lipinski definition) is 5. The first-order valence-corrected chi connectivity index (χ1v) is 5.51. The lowest BCUT2D eigenvalue weighted by Gasteiger charge is -2.00. The molecule has 84 valence electrons. The summed E-state index contributed by atoms with van der Waals surface area (Å²) in [7, 11) is 0. The molecule has 0 radical (unpaired) electrons. The van der Waals surface area contributed by atoms with Crippen LogP contribution in [0.5, 0.6) is 0 Å². The van der Waals surface area contributed by atoms with Gasteiger partial charge < -0.3 is 4.52 Å². The number of aromatic nitrogens is 4. The molecule has 0 bridgehead atoms. The molecule has 0 unspecified atom stereocenters. The van der Waals surface area contributed by atoms with Crippen LogP contribution in [0.2, 0.25) is 0 Å². The van der Waals surface area contributed by atoms with Crippen LogP contribution in [0.25, 0.3) is 0 Å². The van der Waals surface area contributed by atoms with Gasteiger partial charge in [0, 0.05) is 12.6 Å². The van der Waals surface area contributed by atoms with E-state index in [1.807, 2.05) is 6.92 Å². The zero-order valence-corrected chi connectivity index (χ0v) is 10.1. The SMILES string of the molecule is CCc1noc(Cn2cncc(Br)c2=O)n1. The third kappa shape index (κ3) is 2.19. The lowest BCUT2D eigenvalue weighted by atomic mass is 10.5. The van der Waals surface area contributed by atoms with Crippen molar-refractivity contribution in [1.82, 2.24) is 19.7 Å². The van der Waals surface area contributed by atoms with Gasteiger partial charge in [0.1, 0.15) is 11.0 Å². The molecule has 16 heavy (non-hydrogen) atoms. The lowest BCUT2D eigenvalue weighted by molar-refractivity contribution is 0.364. The van der Waals surface area contributed by atoms with Gasteiger partial charge in [0.05, 0.1) is 6.33 Å². The molecule has 0 aliphatic heterocycles. The molecule has 2 heterocycles. The zero-order valence-electron chi connectivity index (χ0n) is 8.55. The predicted octanol–water partition coefficient (Wildman–Crippen LogP) is 0.999. The summed E-state index contributed by atoms with van der Waals surface area (Å²) in [5.74, 6) is 1.03. The molecule has 7 heteroatoms. The van der Waals surface area contributed by atoms with Gasteiger partial charge in [-0.3, -0.25) is 9.36 Å².